The summed E-state index contributed by atoms with van der Waals surface area (Å²) in [5, 5.41) is 3.06. The van der Waals surface area contributed by atoms with Crippen LogP contribution in [0.5, 0.6) is 0 Å². The van der Waals surface area contributed by atoms with Gasteiger partial charge in [0, 0.05) is 18.2 Å². The zero-order valence-corrected chi connectivity index (χ0v) is 12.3. The standard InChI is InChI=1S/C16H25N3O/c1-2-19-10-4-7-15(19)12-18-16(20)14-6-3-5-13(11-14)8-9-17/h3,5-6,11,15H,2,4,7-10,12,17H2,1H3,(H,18,20). The van der Waals surface area contributed by atoms with Crippen molar-refractivity contribution in [2.24, 2.45) is 5.73 Å². The van der Waals surface area contributed by atoms with Gasteiger partial charge >= 0.3 is 0 Å². The van der Waals surface area contributed by atoms with E-state index in [9.17, 15) is 4.79 Å². The number of amides is 1. The molecule has 1 aromatic carbocycles. The van der Waals surface area contributed by atoms with Crippen molar-refractivity contribution in [1.29, 1.82) is 0 Å². The van der Waals surface area contributed by atoms with Crippen LogP contribution in [0, 0.1) is 0 Å². The molecule has 0 radical (unpaired) electrons. The van der Waals surface area contributed by atoms with Crippen molar-refractivity contribution in [3.63, 3.8) is 0 Å². The lowest BCUT2D eigenvalue weighted by Gasteiger charge is -2.22. The molecule has 1 heterocycles. The third-order valence-corrected chi connectivity index (χ3v) is 4.03. The Labute approximate surface area is 121 Å². The molecule has 0 aromatic heterocycles. The molecule has 110 valence electrons. The van der Waals surface area contributed by atoms with Crippen LogP contribution < -0.4 is 11.1 Å². The van der Waals surface area contributed by atoms with E-state index in [1.54, 1.807) is 0 Å². The van der Waals surface area contributed by atoms with Crippen molar-refractivity contribution in [2.45, 2.75) is 32.2 Å². The van der Waals surface area contributed by atoms with Crippen LogP contribution >= 0.6 is 0 Å². The molecule has 1 saturated heterocycles. The van der Waals surface area contributed by atoms with E-state index < -0.39 is 0 Å². The average Bonchev–Trinajstić information content (AvgIpc) is 2.93. The summed E-state index contributed by atoms with van der Waals surface area (Å²) in [6, 6.07) is 8.24. The van der Waals surface area contributed by atoms with Crippen molar-refractivity contribution in [1.82, 2.24) is 10.2 Å². The Hall–Kier alpha value is -1.39. The van der Waals surface area contributed by atoms with Crippen LogP contribution in [0.2, 0.25) is 0 Å². The summed E-state index contributed by atoms with van der Waals surface area (Å²) in [5.41, 5.74) is 7.41. The van der Waals surface area contributed by atoms with Crippen molar-refractivity contribution < 1.29 is 4.79 Å². The Bertz CT molecular complexity index is 447. The van der Waals surface area contributed by atoms with E-state index in [4.69, 9.17) is 5.73 Å². The number of carbonyl (C=O) groups excluding carboxylic acids is 1. The Balaban J connectivity index is 1.89. The Morgan fingerprint density at radius 1 is 1.50 bits per heavy atom. The molecule has 2 rings (SSSR count). The van der Waals surface area contributed by atoms with E-state index in [-0.39, 0.29) is 5.91 Å². The highest BCUT2D eigenvalue weighted by molar-refractivity contribution is 5.94. The number of likely N-dealkylation sites (N-methyl/N-ethyl adjacent to an activating group) is 1. The predicted octanol–water partition coefficient (Wildman–Crippen LogP) is 1.40. The molecule has 0 bridgehead atoms. The number of hydrogen-bond donors (Lipinski definition) is 2. The van der Waals surface area contributed by atoms with Gasteiger partial charge in [-0.25, -0.2) is 0 Å². The number of carbonyl (C=O) groups is 1. The maximum Gasteiger partial charge on any atom is 0.251 e. The molecule has 1 amide bonds. The number of nitrogens with two attached hydrogens (primary N) is 1. The van der Waals surface area contributed by atoms with Crippen LogP contribution in [0.4, 0.5) is 0 Å². The van der Waals surface area contributed by atoms with Gasteiger partial charge in [0.05, 0.1) is 0 Å². The summed E-state index contributed by atoms with van der Waals surface area (Å²) in [5.74, 6) is 0.0202. The molecule has 1 aliphatic rings. The first-order chi connectivity index (χ1) is 9.74. The van der Waals surface area contributed by atoms with Crippen molar-refractivity contribution in [3.05, 3.63) is 35.4 Å². The molecule has 0 aliphatic carbocycles. The van der Waals surface area contributed by atoms with Crippen LogP contribution in [0.1, 0.15) is 35.7 Å². The number of nitrogens with zero attached hydrogens (tertiary/aromatic N) is 1. The molecule has 4 nitrogen and oxygen atoms in total. The first kappa shape index (κ1) is 15.0. The van der Waals surface area contributed by atoms with Gasteiger partial charge in [0.1, 0.15) is 0 Å². The third-order valence-electron chi connectivity index (χ3n) is 4.03. The van der Waals surface area contributed by atoms with E-state index in [0.717, 1.165) is 37.2 Å². The molecule has 1 atom stereocenters. The minimum atomic E-state index is 0.0202. The summed E-state index contributed by atoms with van der Waals surface area (Å²) in [4.78, 5) is 14.6. The molecule has 1 unspecified atom stereocenters. The molecular weight excluding hydrogens is 250 g/mol. The van der Waals surface area contributed by atoms with Crippen molar-refractivity contribution >= 4 is 5.91 Å². The SMILES string of the molecule is CCN1CCCC1CNC(=O)c1cccc(CCN)c1. The molecular formula is C16H25N3O. The van der Waals surface area contributed by atoms with E-state index >= 15 is 0 Å². The topological polar surface area (TPSA) is 58.4 Å². The highest BCUT2D eigenvalue weighted by atomic mass is 16.1. The quantitative estimate of drug-likeness (QED) is 0.825. The Morgan fingerprint density at radius 3 is 3.10 bits per heavy atom. The fraction of sp³-hybridized carbons (Fsp3) is 0.562. The second-order valence-corrected chi connectivity index (χ2v) is 5.37. The molecule has 1 aromatic rings. The fourth-order valence-electron chi connectivity index (χ4n) is 2.89. The number of likely N-dealkylation sites (tertiary alicyclic amines) is 1. The second kappa shape index (κ2) is 7.41. The molecule has 4 heteroatoms. The van der Waals surface area contributed by atoms with Crippen LogP contribution in [0.15, 0.2) is 24.3 Å². The minimum absolute atomic E-state index is 0.0202. The van der Waals surface area contributed by atoms with Gasteiger partial charge in [0.25, 0.3) is 5.91 Å². The molecule has 20 heavy (non-hydrogen) atoms. The second-order valence-electron chi connectivity index (χ2n) is 5.37. The monoisotopic (exact) mass is 275 g/mol. The van der Waals surface area contributed by atoms with E-state index in [1.807, 2.05) is 24.3 Å². The number of rotatable bonds is 6. The fourth-order valence-corrected chi connectivity index (χ4v) is 2.89. The Kier molecular flexibility index (Phi) is 5.56. The molecule has 3 N–H and O–H groups in total. The van der Waals surface area contributed by atoms with Gasteiger partial charge in [0.15, 0.2) is 0 Å². The zero-order valence-electron chi connectivity index (χ0n) is 12.3. The van der Waals surface area contributed by atoms with E-state index in [2.05, 4.69) is 17.1 Å². The zero-order chi connectivity index (χ0) is 14.4. The summed E-state index contributed by atoms with van der Waals surface area (Å²) in [6.07, 6.45) is 3.23. The van der Waals surface area contributed by atoms with Crippen LogP contribution in [0.25, 0.3) is 0 Å². The minimum Gasteiger partial charge on any atom is -0.350 e. The van der Waals surface area contributed by atoms with Gasteiger partial charge in [-0.3, -0.25) is 9.69 Å². The molecule has 0 spiro atoms. The van der Waals surface area contributed by atoms with Crippen LogP contribution in [-0.2, 0) is 6.42 Å². The normalized spacial score (nSPS) is 19.2. The van der Waals surface area contributed by atoms with Gasteiger partial charge in [-0.15, -0.1) is 0 Å². The summed E-state index contributed by atoms with van der Waals surface area (Å²) < 4.78 is 0. The first-order valence-corrected chi connectivity index (χ1v) is 7.56. The summed E-state index contributed by atoms with van der Waals surface area (Å²) >= 11 is 0. The van der Waals surface area contributed by atoms with E-state index in [0.29, 0.717) is 12.6 Å². The summed E-state index contributed by atoms with van der Waals surface area (Å²) in [6.45, 7) is 5.75. The average molecular weight is 275 g/mol. The largest absolute Gasteiger partial charge is 0.350 e. The van der Waals surface area contributed by atoms with Gasteiger partial charge in [-0.2, -0.15) is 0 Å². The lowest BCUT2D eigenvalue weighted by molar-refractivity contribution is 0.0941. The maximum absolute atomic E-state index is 12.2. The van der Waals surface area contributed by atoms with Crippen molar-refractivity contribution in [3.8, 4) is 0 Å². The highest BCUT2D eigenvalue weighted by Gasteiger charge is 2.23. The smallest absolute Gasteiger partial charge is 0.251 e. The predicted molar refractivity (Wildman–Crippen MR) is 81.8 cm³/mol. The number of hydrogen-bond acceptors (Lipinski definition) is 3. The van der Waals surface area contributed by atoms with Gasteiger partial charge in [-0.05, 0) is 56.6 Å². The number of benzene rings is 1. The molecule has 1 aliphatic heterocycles. The van der Waals surface area contributed by atoms with Gasteiger partial charge in [0.2, 0.25) is 0 Å². The molecule has 0 saturated carbocycles. The van der Waals surface area contributed by atoms with Crippen LogP contribution in [-0.4, -0.2) is 43.0 Å². The first-order valence-electron chi connectivity index (χ1n) is 7.56. The lowest BCUT2D eigenvalue weighted by atomic mass is 10.1. The Morgan fingerprint density at radius 2 is 2.35 bits per heavy atom. The number of nitrogens with one attached hydrogen (secondary N) is 1. The third kappa shape index (κ3) is 3.81. The lowest BCUT2D eigenvalue weighted by Crippen LogP contribution is -2.40. The van der Waals surface area contributed by atoms with Gasteiger partial charge in [-0.1, -0.05) is 19.1 Å². The summed E-state index contributed by atoms with van der Waals surface area (Å²) in [7, 11) is 0. The van der Waals surface area contributed by atoms with Crippen molar-refractivity contribution in [2.75, 3.05) is 26.2 Å². The van der Waals surface area contributed by atoms with E-state index in [1.165, 1.54) is 12.8 Å². The van der Waals surface area contributed by atoms with Crippen LogP contribution in [0.3, 0.4) is 0 Å². The van der Waals surface area contributed by atoms with Gasteiger partial charge < -0.3 is 11.1 Å². The maximum atomic E-state index is 12.2. The highest BCUT2D eigenvalue weighted by Crippen LogP contribution is 2.15. The molecule has 1 fully saturated rings.